The fourth-order valence-corrected chi connectivity index (χ4v) is 2.96. The first-order valence-corrected chi connectivity index (χ1v) is 8.18. The van der Waals surface area contributed by atoms with Crippen molar-refractivity contribution in [2.45, 2.75) is 13.3 Å². The minimum atomic E-state index is -0.189. The van der Waals surface area contributed by atoms with Crippen molar-refractivity contribution in [1.29, 1.82) is 0 Å². The number of para-hydroxylation sites is 2. The van der Waals surface area contributed by atoms with Gasteiger partial charge in [0.15, 0.2) is 5.13 Å². The van der Waals surface area contributed by atoms with Crippen LogP contribution in [0.25, 0.3) is 10.2 Å². The van der Waals surface area contributed by atoms with E-state index in [0.29, 0.717) is 28.7 Å². The number of hydrogen-bond acceptors (Lipinski definition) is 5. The van der Waals surface area contributed by atoms with Crippen molar-refractivity contribution in [3.8, 4) is 5.75 Å². The van der Waals surface area contributed by atoms with E-state index in [0.717, 1.165) is 16.6 Å². The van der Waals surface area contributed by atoms with E-state index >= 15 is 0 Å². The van der Waals surface area contributed by atoms with Crippen LogP contribution in [0.1, 0.15) is 23.7 Å². The van der Waals surface area contributed by atoms with Gasteiger partial charge in [-0.25, -0.2) is 4.98 Å². The molecule has 23 heavy (non-hydrogen) atoms. The monoisotopic (exact) mass is 327 g/mol. The summed E-state index contributed by atoms with van der Waals surface area (Å²) in [6.07, 6.45) is 0.908. The van der Waals surface area contributed by atoms with Gasteiger partial charge in [0.05, 0.1) is 22.5 Å². The van der Waals surface area contributed by atoms with E-state index in [-0.39, 0.29) is 5.91 Å². The van der Waals surface area contributed by atoms with Gasteiger partial charge in [0.25, 0.3) is 5.91 Å². The SMILES string of the molecule is CCCOc1ccccc1NC(=O)c1ccc2nc(N)sc2c1. The van der Waals surface area contributed by atoms with Crippen LogP contribution in [0.2, 0.25) is 0 Å². The number of nitrogens with zero attached hydrogens (tertiary/aromatic N) is 1. The molecule has 118 valence electrons. The molecule has 0 radical (unpaired) electrons. The molecule has 0 fully saturated rings. The summed E-state index contributed by atoms with van der Waals surface area (Å²) < 4.78 is 6.55. The lowest BCUT2D eigenvalue weighted by molar-refractivity contribution is 0.102. The van der Waals surface area contributed by atoms with Gasteiger partial charge >= 0.3 is 0 Å². The molecular formula is C17H17N3O2S. The second kappa shape index (κ2) is 6.66. The van der Waals surface area contributed by atoms with Crippen molar-refractivity contribution in [3.05, 3.63) is 48.0 Å². The van der Waals surface area contributed by atoms with Gasteiger partial charge < -0.3 is 15.8 Å². The number of benzene rings is 2. The molecule has 0 aliphatic rings. The zero-order chi connectivity index (χ0) is 16.2. The maximum absolute atomic E-state index is 12.5. The highest BCUT2D eigenvalue weighted by molar-refractivity contribution is 7.22. The van der Waals surface area contributed by atoms with Crippen molar-refractivity contribution >= 4 is 38.3 Å². The van der Waals surface area contributed by atoms with Crippen LogP contribution >= 0.6 is 11.3 Å². The Kier molecular flexibility index (Phi) is 4.43. The number of amides is 1. The second-order valence-electron chi connectivity index (χ2n) is 5.03. The molecule has 0 saturated carbocycles. The number of carbonyl (C=O) groups excluding carboxylic acids is 1. The zero-order valence-electron chi connectivity index (χ0n) is 12.7. The molecule has 0 unspecified atom stereocenters. The van der Waals surface area contributed by atoms with Crippen LogP contribution in [-0.4, -0.2) is 17.5 Å². The molecule has 0 saturated heterocycles. The van der Waals surface area contributed by atoms with Crippen LogP contribution in [0.15, 0.2) is 42.5 Å². The van der Waals surface area contributed by atoms with Gasteiger partial charge in [0, 0.05) is 5.56 Å². The molecule has 0 spiro atoms. The largest absolute Gasteiger partial charge is 0.491 e. The summed E-state index contributed by atoms with van der Waals surface area (Å²) in [4.78, 5) is 16.7. The average Bonchev–Trinajstić information content (AvgIpc) is 2.93. The van der Waals surface area contributed by atoms with Crippen LogP contribution in [-0.2, 0) is 0 Å². The summed E-state index contributed by atoms with van der Waals surface area (Å²) in [5.41, 5.74) is 7.72. The smallest absolute Gasteiger partial charge is 0.255 e. The Hall–Kier alpha value is -2.60. The summed E-state index contributed by atoms with van der Waals surface area (Å²) in [5, 5.41) is 3.39. The predicted octanol–water partition coefficient (Wildman–Crippen LogP) is 3.92. The molecule has 6 heteroatoms. The lowest BCUT2D eigenvalue weighted by atomic mass is 10.2. The third-order valence-corrected chi connectivity index (χ3v) is 4.11. The minimum absolute atomic E-state index is 0.189. The van der Waals surface area contributed by atoms with E-state index in [1.807, 2.05) is 31.2 Å². The molecule has 0 aliphatic carbocycles. The number of ether oxygens (including phenoxy) is 1. The number of nitrogen functional groups attached to an aromatic ring is 1. The number of nitrogens with one attached hydrogen (secondary N) is 1. The highest BCUT2D eigenvalue weighted by Crippen LogP contribution is 2.27. The van der Waals surface area contributed by atoms with E-state index in [2.05, 4.69) is 10.3 Å². The van der Waals surface area contributed by atoms with Gasteiger partial charge in [-0.2, -0.15) is 0 Å². The first-order chi connectivity index (χ1) is 11.2. The number of rotatable bonds is 5. The third-order valence-electron chi connectivity index (χ3n) is 3.26. The van der Waals surface area contributed by atoms with Gasteiger partial charge in [0.2, 0.25) is 0 Å². The molecule has 3 N–H and O–H groups in total. The van der Waals surface area contributed by atoms with Gasteiger partial charge in [-0.05, 0) is 36.8 Å². The Morgan fingerprint density at radius 1 is 1.30 bits per heavy atom. The number of anilines is 2. The van der Waals surface area contributed by atoms with Crippen LogP contribution in [0, 0.1) is 0 Å². The summed E-state index contributed by atoms with van der Waals surface area (Å²) in [6.45, 7) is 2.65. The Bertz CT molecular complexity index is 845. The second-order valence-corrected chi connectivity index (χ2v) is 6.10. The van der Waals surface area contributed by atoms with Crippen LogP contribution in [0.5, 0.6) is 5.75 Å². The van der Waals surface area contributed by atoms with Crippen molar-refractivity contribution < 1.29 is 9.53 Å². The van der Waals surface area contributed by atoms with Crippen LogP contribution < -0.4 is 15.8 Å². The standard InChI is InChI=1S/C17H17N3O2S/c1-2-9-22-14-6-4-3-5-12(14)19-16(21)11-7-8-13-15(10-11)23-17(18)20-13/h3-8,10H,2,9H2,1H3,(H2,18,20)(H,19,21). The molecule has 0 atom stereocenters. The summed E-state index contributed by atoms with van der Waals surface area (Å²) in [6, 6.07) is 12.8. The van der Waals surface area contributed by atoms with Crippen LogP contribution in [0.3, 0.4) is 0 Å². The maximum atomic E-state index is 12.5. The molecule has 1 aromatic heterocycles. The first-order valence-electron chi connectivity index (χ1n) is 7.36. The molecule has 0 bridgehead atoms. The Morgan fingerprint density at radius 2 is 2.13 bits per heavy atom. The molecule has 1 amide bonds. The molecule has 1 heterocycles. The van der Waals surface area contributed by atoms with Gasteiger partial charge in [-0.15, -0.1) is 0 Å². The van der Waals surface area contributed by atoms with Crippen molar-refractivity contribution in [2.24, 2.45) is 0 Å². The minimum Gasteiger partial charge on any atom is -0.491 e. The number of fused-ring (bicyclic) bond motifs is 1. The Balaban J connectivity index is 1.82. The molecule has 5 nitrogen and oxygen atoms in total. The van der Waals surface area contributed by atoms with Gasteiger partial charge in [-0.1, -0.05) is 30.4 Å². The van der Waals surface area contributed by atoms with Crippen molar-refractivity contribution in [1.82, 2.24) is 4.98 Å². The van der Waals surface area contributed by atoms with Gasteiger partial charge in [0.1, 0.15) is 5.75 Å². The Morgan fingerprint density at radius 3 is 2.96 bits per heavy atom. The van der Waals surface area contributed by atoms with Crippen molar-refractivity contribution in [3.63, 3.8) is 0 Å². The maximum Gasteiger partial charge on any atom is 0.255 e. The van der Waals surface area contributed by atoms with E-state index in [4.69, 9.17) is 10.5 Å². The summed E-state index contributed by atoms with van der Waals surface area (Å²) in [5.74, 6) is 0.484. The summed E-state index contributed by atoms with van der Waals surface area (Å²) in [7, 11) is 0. The third kappa shape index (κ3) is 3.43. The highest BCUT2D eigenvalue weighted by atomic mass is 32.1. The lowest BCUT2D eigenvalue weighted by Gasteiger charge is -2.11. The van der Waals surface area contributed by atoms with E-state index in [1.54, 1.807) is 18.2 Å². The molecule has 3 aromatic rings. The topological polar surface area (TPSA) is 77.2 Å². The van der Waals surface area contributed by atoms with Crippen molar-refractivity contribution in [2.75, 3.05) is 17.7 Å². The molecule has 2 aromatic carbocycles. The van der Waals surface area contributed by atoms with Gasteiger partial charge in [-0.3, -0.25) is 4.79 Å². The Labute approximate surface area is 138 Å². The number of nitrogens with two attached hydrogens (primary N) is 1. The summed E-state index contributed by atoms with van der Waals surface area (Å²) >= 11 is 1.37. The fourth-order valence-electron chi connectivity index (χ4n) is 2.19. The van der Waals surface area contributed by atoms with E-state index < -0.39 is 0 Å². The fraction of sp³-hybridized carbons (Fsp3) is 0.176. The zero-order valence-corrected chi connectivity index (χ0v) is 13.5. The average molecular weight is 327 g/mol. The normalized spacial score (nSPS) is 10.7. The quantitative estimate of drug-likeness (QED) is 0.744. The van der Waals surface area contributed by atoms with E-state index in [9.17, 15) is 4.79 Å². The number of aromatic nitrogens is 1. The number of thiazole rings is 1. The van der Waals surface area contributed by atoms with Crippen LogP contribution in [0.4, 0.5) is 10.8 Å². The molecular weight excluding hydrogens is 310 g/mol. The highest BCUT2D eigenvalue weighted by Gasteiger charge is 2.11. The molecule has 3 rings (SSSR count). The number of carbonyl (C=O) groups is 1. The number of hydrogen-bond donors (Lipinski definition) is 2. The molecule has 0 aliphatic heterocycles. The predicted molar refractivity (Wildman–Crippen MR) is 94.2 cm³/mol. The van der Waals surface area contributed by atoms with E-state index in [1.165, 1.54) is 11.3 Å². The lowest BCUT2D eigenvalue weighted by Crippen LogP contribution is -2.13. The first kappa shape index (κ1) is 15.3.